The van der Waals surface area contributed by atoms with Crippen molar-refractivity contribution in [3.8, 4) is 0 Å². The van der Waals surface area contributed by atoms with Crippen molar-refractivity contribution < 1.29 is 5.11 Å². The summed E-state index contributed by atoms with van der Waals surface area (Å²) in [7, 11) is 0. The highest BCUT2D eigenvalue weighted by molar-refractivity contribution is 7.99. The van der Waals surface area contributed by atoms with Crippen LogP contribution >= 0.6 is 11.8 Å². The van der Waals surface area contributed by atoms with Crippen molar-refractivity contribution in [3.05, 3.63) is 0 Å². The van der Waals surface area contributed by atoms with Crippen LogP contribution in [0.15, 0.2) is 0 Å². The van der Waals surface area contributed by atoms with Gasteiger partial charge in [-0.05, 0) is 31.4 Å². The van der Waals surface area contributed by atoms with Gasteiger partial charge in [0.25, 0.3) is 0 Å². The van der Waals surface area contributed by atoms with E-state index in [1.165, 1.54) is 44.3 Å². The number of rotatable bonds is 4. The Morgan fingerprint density at radius 1 is 1.06 bits per heavy atom. The summed E-state index contributed by atoms with van der Waals surface area (Å²) in [5.74, 6) is 1.22. The molecule has 0 saturated heterocycles. The van der Waals surface area contributed by atoms with E-state index in [-0.39, 0.29) is 6.10 Å². The Labute approximate surface area is 104 Å². The summed E-state index contributed by atoms with van der Waals surface area (Å²) in [6.07, 6.45) is 8.58. The molecule has 16 heavy (non-hydrogen) atoms. The van der Waals surface area contributed by atoms with Crippen molar-refractivity contribution >= 4 is 11.8 Å². The van der Waals surface area contributed by atoms with Gasteiger partial charge in [-0.15, -0.1) is 0 Å². The quantitative estimate of drug-likeness (QED) is 0.796. The molecule has 2 fully saturated rings. The van der Waals surface area contributed by atoms with Gasteiger partial charge in [0.15, 0.2) is 0 Å². The molecular formula is C13H25NOS. The van der Waals surface area contributed by atoms with Gasteiger partial charge in [0.2, 0.25) is 0 Å². The summed E-state index contributed by atoms with van der Waals surface area (Å²) in [6.45, 7) is 2.25. The maximum absolute atomic E-state index is 9.98. The average Bonchev–Trinajstić information content (AvgIpc) is 2.70. The van der Waals surface area contributed by atoms with E-state index in [1.807, 2.05) is 0 Å². The zero-order chi connectivity index (χ0) is 11.4. The van der Waals surface area contributed by atoms with E-state index in [0.717, 1.165) is 11.7 Å². The molecular weight excluding hydrogens is 218 g/mol. The van der Waals surface area contributed by atoms with Gasteiger partial charge in [0.1, 0.15) is 0 Å². The minimum absolute atomic E-state index is 0.0957. The molecule has 2 aliphatic rings. The molecule has 0 bridgehead atoms. The van der Waals surface area contributed by atoms with E-state index in [9.17, 15) is 5.11 Å². The summed E-state index contributed by atoms with van der Waals surface area (Å²) >= 11 is 2.09. The Kier molecular flexibility index (Phi) is 4.98. The fourth-order valence-electron chi connectivity index (χ4n) is 3.11. The zero-order valence-corrected chi connectivity index (χ0v) is 11.1. The van der Waals surface area contributed by atoms with Crippen LogP contribution in [0, 0.1) is 0 Å². The fourth-order valence-corrected chi connectivity index (χ4v) is 4.32. The van der Waals surface area contributed by atoms with E-state index >= 15 is 0 Å². The lowest BCUT2D eigenvalue weighted by Gasteiger charge is -2.33. The van der Waals surface area contributed by atoms with Crippen LogP contribution < -0.4 is 5.32 Å². The molecule has 2 rings (SSSR count). The van der Waals surface area contributed by atoms with Crippen LogP contribution in [-0.2, 0) is 0 Å². The fraction of sp³-hybridized carbons (Fsp3) is 1.00. The minimum Gasteiger partial charge on any atom is -0.392 e. The smallest absolute Gasteiger partial charge is 0.0693 e. The van der Waals surface area contributed by atoms with Crippen molar-refractivity contribution in [1.82, 2.24) is 5.32 Å². The van der Waals surface area contributed by atoms with Gasteiger partial charge in [0.05, 0.1) is 6.10 Å². The minimum atomic E-state index is -0.0957. The molecule has 4 atom stereocenters. The molecule has 3 heteroatoms. The van der Waals surface area contributed by atoms with Gasteiger partial charge >= 0.3 is 0 Å². The molecule has 94 valence electrons. The highest BCUT2D eigenvalue weighted by atomic mass is 32.2. The highest BCUT2D eigenvalue weighted by Crippen LogP contribution is 2.31. The van der Waals surface area contributed by atoms with Gasteiger partial charge < -0.3 is 10.4 Å². The third kappa shape index (κ3) is 3.14. The molecule has 2 aliphatic carbocycles. The number of hydrogen-bond acceptors (Lipinski definition) is 3. The first-order chi connectivity index (χ1) is 7.81. The van der Waals surface area contributed by atoms with Gasteiger partial charge in [-0.25, -0.2) is 0 Å². The first-order valence-electron chi connectivity index (χ1n) is 6.87. The van der Waals surface area contributed by atoms with Gasteiger partial charge in [-0.1, -0.05) is 26.2 Å². The second kappa shape index (κ2) is 6.27. The van der Waals surface area contributed by atoms with Crippen molar-refractivity contribution in [2.45, 2.75) is 75.3 Å². The normalized spacial score (nSPS) is 40.1. The number of hydrogen-bond donors (Lipinski definition) is 2. The van der Waals surface area contributed by atoms with Gasteiger partial charge in [-0.2, -0.15) is 11.8 Å². The first kappa shape index (κ1) is 12.7. The standard InChI is InChI=1S/C13H25NOS/c1-2-16-13-9-5-7-11(13)14-10-6-3-4-8-12(10)15/h10-15H,2-9H2,1H3/t10-,11?,12-,13?/m0/s1. The molecule has 0 aromatic heterocycles. The van der Waals surface area contributed by atoms with Crippen molar-refractivity contribution in [3.63, 3.8) is 0 Å². The molecule has 0 spiro atoms. The zero-order valence-electron chi connectivity index (χ0n) is 10.3. The van der Waals surface area contributed by atoms with Crippen LogP contribution in [-0.4, -0.2) is 34.3 Å². The number of nitrogens with one attached hydrogen (secondary N) is 1. The van der Waals surface area contributed by atoms with E-state index < -0.39 is 0 Å². The summed E-state index contributed by atoms with van der Waals surface area (Å²) in [6, 6.07) is 1.03. The molecule has 0 radical (unpaired) electrons. The van der Waals surface area contributed by atoms with E-state index in [0.29, 0.717) is 12.1 Å². The van der Waals surface area contributed by atoms with Crippen LogP contribution in [0.5, 0.6) is 0 Å². The third-order valence-electron chi connectivity index (χ3n) is 3.99. The molecule has 0 aromatic carbocycles. The third-order valence-corrected chi connectivity index (χ3v) is 5.32. The van der Waals surface area contributed by atoms with Crippen molar-refractivity contribution in [2.24, 2.45) is 0 Å². The topological polar surface area (TPSA) is 32.3 Å². The Bertz CT molecular complexity index is 212. The first-order valence-corrected chi connectivity index (χ1v) is 7.92. The van der Waals surface area contributed by atoms with Crippen LogP contribution in [0.25, 0.3) is 0 Å². The van der Waals surface area contributed by atoms with Crippen molar-refractivity contribution in [2.75, 3.05) is 5.75 Å². The Balaban J connectivity index is 1.82. The summed E-state index contributed by atoms with van der Waals surface area (Å²) < 4.78 is 0. The molecule has 0 heterocycles. The number of thioether (sulfide) groups is 1. The van der Waals surface area contributed by atoms with Crippen LogP contribution in [0.1, 0.15) is 51.9 Å². The average molecular weight is 243 g/mol. The van der Waals surface area contributed by atoms with Crippen LogP contribution in [0.4, 0.5) is 0 Å². The highest BCUT2D eigenvalue weighted by Gasteiger charge is 2.31. The second-order valence-electron chi connectivity index (χ2n) is 5.16. The Hall–Kier alpha value is 0.270. The molecule has 0 amide bonds. The SMILES string of the molecule is CCSC1CCCC1N[C@H]1CCCC[C@@H]1O. The number of aliphatic hydroxyl groups is 1. The van der Waals surface area contributed by atoms with Gasteiger partial charge in [-0.3, -0.25) is 0 Å². The van der Waals surface area contributed by atoms with Crippen LogP contribution in [0.2, 0.25) is 0 Å². The Morgan fingerprint density at radius 2 is 1.81 bits per heavy atom. The van der Waals surface area contributed by atoms with Gasteiger partial charge in [0, 0.05) is 17.3 Å². The molecule has 2 N–H and O–H groups in total. The maximum atomic E-state index is 9.98. The van der Waals surface area contributed by atoms with Crippen molar-refractivity contribution in [1.29, 1.82) is 0 Å². The maximum Gasteiger partial charge on any atom is 0.0693 e. The summed E-state index contributed by atoms with van der Waals surface area (Å²) in [5, 5.41) is 14.5. The molecule has 0 aromatic rings. The summed E-state index contributed by atoms with van der Waals surface area (Å²) in [4.78, 5) is 0. The number of aliphatic hydroxyl groups excluding tert-OH is 1. The van der Waals surface area contributed by atoms with E-state index in [1.54, 1.807) is 0 Å². The molecule has 2 unspecified atom stereocenters. The monoisotopic (exact) mass is 243 g/mol. The predicted octanol–water partition coefficient (Wildman–Crippen LogP) is 2.55. The Morgan fingerprint density at radius 3 is 2.56 bits per heavy atom. The lowest BCUT2D eigenvalue weighted by molar-refractivity contribution is 0.0855. The van der Waals surface area contributed by atoms with Crippen LogP contribution in [0.3, 0.4) is 0 Å². The molecule has 0 aliphatic heterocycles. The lowest BCUT2D eigenvalue weighted by Crippen LogP contribution is -2.49. The predicted molar refractivity (Wildman–Crippen MR) is 71.0 cm³/mol. The summed E-state index contributed by atoms with van der Waals surface area (Å²) in [5.41, 5.74) is 0. The molecule has 2 nitrogen and oxygen atoms in total. The molecule has 2 saturated carbocycles. The second-order valence-corrected chi connectivity index (χ2v) is 6.67. The van der Waals surface area contributed by atoms with E-state index in [4.69, 9.17) is 0 Å². The van der Waals surface area contributed by atoms with E-state index in [2.05, 4.69) is 24.0 Å². The largest absolute Gasteiger partial charge is 0.392 e. The lowest BCUT2D eigenvalue weighted by atomic mass is 9.92.